The van der Waals surface area contributed by atoms with Crippen molar-refractivity contribution in [2.24, 2.45) is 0 Å². The van der Waals surface area contributed by atoms with Crippen LogP contribution in [0.3, 0.4) is 0 Å². The van der Waals surface area contributed by atoms with Crippen molar-refractivity contribution < 1.29 is 9.21 Å². The number of hydrogen-bond acceptors (Lipinski definition) is 5. The maximum atomic E-state index is 12.3. The molecule has 0 bridgehead atoms. The topological polar surface area (TPSA) is 71.3 Å². The predicted octanol–water partition coefficient (Wildman–Crippen LogP) is 2.54. The van der Waals surface area contributed by atoms with Crippen molar-refractivity contribution in [3.8, 4) is 0 Å². The Kier molecular flexibility index (Phi) is 3.26. The van der Waals surface area contributed by atoms with E-state index >= 15 is 0 Å². The minimum Gasteiger partial charge on any atom is -0.399 e. The van der Waals surface area contributed by atoms with Gasteiger partial charge in [-0.05, 0) is 30.5 Å². The summed E-state index contributed by atoms with van der Waals surface area (Å²) in [6.07, 6.45) is 2.22. The fourth-order valence-electron chi connectivity index (χ4n) is 2.50. The van der Waals surface area contributed by atoms with Crippen molar-refractivity contribution >= 4 is 23.5 Å². The van der Waals surface area contributed by atoms with Crippen molar-refractivity contribution in [1.82, 2.24) is 15.1 Å². The second kappa shape index (κ2) is 5.28. The van der Waals surface area contributed by atoms with Gasteiger partial charge in [-0.2, -0.15) is 0 Å². The lowest BCUT2D eigenvalue weighted by Gasteiger charge is -2.38. The third kappa shape index (κ3) is 2.66. The number of rotatable bonds is 4. The summed E-state index contributed by atoms with van der Waals surface area (Å²) in [4.78, 5) is 14.0. The highest BCUT2D eigenvalue weighted by Crippen LogP contribution is 2.29. The second-order valence-electron chi connectivity index (χ2n) is 5.79. The third-order valence-corrected chi connectivity index (χ3v) is 4.28. The van der Waals surface area contributed by atoms with Crippen LogP contribution >= 0.6 is 11.6 Å². The summed E-state index contributed by atoms with van der Waals surface area (Å²) in [5, 5.41) is 11.5. The van der Waals surface area contributed by atoms with E-state index in [-0.39, 0.29) is 11.8 Å². The number of carbonyl (C=O) groups is 1. The van der Waals surface area contributed by atoms with Crippen LogP contribution < -0.4 is 5.32 Å². The lowest BCUT2D eigenvalue weighted by molar-refractivity contribution is 0.0562. The van der Waals surface area contributed by atoms with Gasteiger partial charge in [0.15, 0.2) is 0 Å². The first kappa shape index (κ1) is 13.6. The summed E-state index contributed by atoms with van der Waals surface area (Å²) in [7, 11) is 0. The summed E-state index contributed by atoms with van der Waals surface area (Å²) in [5.41, 5.74) is 1.19. The molecule has 6 nitrogen and oxygen atoms in total. The highest BCUT2D eigenvalue weighted by Gasteiger charge is 2.35. The van der Waals surface area contributed by atoms with E-state index in [1.54, 1.807) is 4.90 Å². The summed E-state index contributed by atoms with van der Waals surface area (Å²) in [5.74, 6) is 0.187. The van der Waals surface area contributed by atoms with Gasteiger partial charge in [0.25, 0.3) is 0 Å². The van der Waals surface area contributed by atoms with Gasteiger partial charge in [-0.15, -0.1) is 5.10 Å². The highest BCUT2D eigenvalue weighted by molar-refractivity contribution is 6.30. The number of hydrogen-bond donors (Lipinski definition) is 1. The van der Waals surface area contributed by atoms with E-state index in [1.165, 1.54) is 5.56 Å². The van der Waals surface area contributed by atoms with Gasteiger partial charge >= 0.3 is 17.8 Å². The molecule has 0 spiro atoms. The van der Waals surface area contributed by atoms with Crippen molar-refractivity contribution in [2.75, 3.05) is 18.4 Å². The van der Waals surface area contributed by atoms with Crippen LogP contribution in [0.15, 0.2) is 28.7 Å². The number of benzene rings is 1. The monoisotopic (exact) mass is 318 g/mol. The van der Waals surface area contributed by atoms with Crippen molar-refractivity contribution in [2.45, 2.75) is 24.8 Å². The fourth-order valence-corrected chi connectivity index (χ4v) is 2.62. The Morgan fingerprint density at radius 2 is 1.95 bits per heavy atom. The zero-order valence-corrected chi connectivity index (χ0v) is 12.6. The minimum absolute atomic E-state index is 0.0534. The number of amides is 1. The summed E-state index contributed by atoms with van der Waals surface area (Å²) >= 11 is 5.88. The maximum Gasteiger partial charge on any atom is 0.316 e. The van der Waals surface area contributed by atoms with E-state index < -0.39 is 0 Å². The standard InChI is InChI=1S/C15H15ClN4O2/c16-11-3-1-9(2-4-11)10-7-20(8-10)14(21)13-18-19-15(22-13)17-12-5-6-12/h1-4,10,12H,5-8H2,(H,17,19). The van der Waals surface area contributed by atoms with Crippen LogP contribution in [0.2, 0.25) is 5.02 Å². The molecule has 7 heteroatoms. The molecule has 1 aromatic heterocycles. The van der Waals surface area contributed by atoms with Crippen molar-refractivity contribution in [3.63, 3.8) is 0 Å². The highest BCUT2D eigenvalue weighted by atomic mass is 35.5. The molecule has 1 saturated carbocycles. The Labute approximate surface area is 132 Å². The van der Waals surface area contributed by atoms with Gasteiger partial charge in [-0.25, -0.2) is 0 Å². The number of nitrogens with one attached hydrogen (secondary N) is 1. The molecule has 114 valence electrons. The first-order valence-electron chi connectivity index (χ1n) is 7.34. The van der Waals surface area contributed by atoms with Crippen molar-refractivity contribution in [3.05, 3.63) is 40.7 Å². The van der Waals surface area contributed by atoms with Crippen LogP contribution in [-0.2, 0) is 0 Å². The maximum absolute atomic E-state index is 12.3. The molecule has 1 aliphatic heterocycles. The normalized spacial score (nSPS) is 18.1. The molecule has 0 radical (unpaired) electrons. The van der Waals surface area contributed by atoms with Crippen LogP contribution in [-0.4, -0.2) is 40.1 Å². The molecule has 1 aromatic carbocycles. The number of likely N-dealkylation sites (tertiary alicyclic amines) is 1. The largest absolute Gasteiger partial charge is 0.399 e. The van der Waals surface area contributed by atoms with Crippen LogP contribution in [0.5, 0.6) is 0 Å². The molecule has 2 aromatic rings. The summed E-state index contributed by atoms with van der Waals surface area (Å²) in [6.45, 7) is 1.32. The van der Waals surface area contributed by atoms with Crippen LogP contribution in [0, 0.1) is 0 Å². The van der Waals surface area contributed by atoms with Crippen molar-refractivity contribution in [1.29, 1.82) is 0 Å². The Morgan fingerprint density at radius 3 is 2.64 bits per heavy atom. The Hall–Kier alpha value is -2.08. The molecule has 2 aliphatic rings. The fraction of sp³-hybridized carbons (Fsp3) is 0.400. The summed E-state index contributed by atoms with van der Waals surface area (Å²) < 4.78 is 5.37. The molecule has 1 saturated heterocycles. The van der Waals surface area contributed by atoms with Gasteiger partial charge in [-0.3, -0.25) is 4.79 Å². The van der Waals surface area contributed by atoms with Gasteiger partial charge in [0.1, 0.15) is 0 Å². The first-order chi connectivity index (χ1) is 10.7. The molecule has 22 heavy (non-hydrogen) atoms. The van der Waals surface area contributed by atoms with Gasteiger partial charge in [-0.1, -0.05) is 28.8 Å². The quantitative estimate of drug-likeness (QED) is 0.938. The van der Waals surface area contributed by atoms with Crippen LogP contribution in [0.4, 0.5) is 6.01 Å². The molecule has 2 fully saturated rings. The van der Waals surface area contributed by atoms with E-state index in [4.69, 9.17) is 16.0 Å². The average molecular weight is 319 g/mol. The summed E-state index contributed by atoms with van der Waals surface area (Å²) in [6, 6.07) is 8.49. The SMILES string of the molecule is O=C(c1nnc(NC2CC2)o1)N1CC(c2ccc(Cl)cc2)C1. The Balaban J connectivity index is 1.36. The molecule has 2 heterocycles. The van der Waals surface area contributed by atoms with Gasteiger partial charge in [0.2, 0.25) is 0 Å². The number of halogens is 1. The van der Waals surface area contributed by atoms with Gasteiger partial charge in [0, 0.05) is 30.1 Å². The zero-order valence-electron chi connectivity index (χ0n) is 11.8. The molecule has 0 atom stereocenters. The van der Waals surface area contributed by atoms with Gasteiger partial charge in [0.05, 0.1) is 0 Å². The van der Waals surface area contributed by atoms with E-state index in [9.17, 15) is 4.79 Å². The minimum atomic E-state index is -0.207. The van der Waals surface area contributed by atoms with E-state index in [0.717, 1.165) is 17.9 Å². The number of carbonyl (C=O) groups excluding carboxylic acids is 1. The number of nitrogens with zero attached hydrogens (tertiary/aromatic N) is 3. The molecular weight excluding hydrogens is 304 g/mol. The van der Waals surface area contributed by atoms with E-state index in [2.05, 4.69) is 15.5 Å². The first-order valence-corrected chi connectivity index (χ1v) is 7.71. The second-order valence-corrected chi connectivity index (χ2v) is 6.23. The van der Waals surface area contributed by atoms with E-state index in [0.29, 0.717) is 31.1 Å². The van der Waals surface area contributed by atoms with Crippen LogP contribution in [0.25, 0.3) is 0 Å². The lowest BCUT2D eigenvalue weighted by atomic mass is 9.91. The predicted molar refractivity (Wildman–Crippen MR) is 81.0 cm³/mol. The molecule has 1 amide bonds. The molecule has 1 N–H and O–H groups in total. The lowest BCUT2D eigenvalue weighted by Crippen LogP contribution is -2.48. The van der Waals surface area contributed by atoms with E-state index in [1.807, 2.05) is 24.3 Å². The van der Waals surface area contributed by atoms with Gasteiger partial charge < -0.3 is 14.6 Å². The van der Waals surface area contributed by atoms with Crippen LogP contribution in [0.1, 0.15) is 35.0 Å². The molecule has 4 rings (SSSR count). The average Bonchev–Trinajstić information content (AvgIpc) is 3.14. The zero-order chi connectivity index (χ0) is 15.1. The Morgan fingerprint density at radius 1 is 1.23 bits per heavy atom. The molecular formula is C15H15ClN4O2. The Bertz CT molecular complexity index is 690. The number of anilines is 1. The third-order valence-electron chi connectivity index (χ3n) is 4.02. The smallest absolute Gasteiger partial charge is 0.316 e. The molecule has 0 unspecified atom stereocenters. The number of aromatic nitrogens is 2. The molecule has 1 aliphatic carbocycles.